The van der Waals surface area contributed by atoms with Gasteiger partial charge in [-0.25, -0.2) is 0 Å². The van der Waals surface area contributed by atoms with Gasteiger partial charge in [0, 0.05) is 12.4 Å². The molecule has 10 heavy (non-hydrogen) atoms. The fraction of sp³-hybridized carbons (Fsp3) is 1.00. The maximum Gasteiger partial charge on any atom is 0.0571 e. The van der Waals surface area contributed by atoms with Gasteiger partial charge in [0.15, 0.2) is 0 Å². The molecular weight excluding hydrogens is 192 g/mol. The van der Waals surface area contributed by atoms with E-state index in [1.54, 1.807) is 7.11 Å². The topological polar surface area (TPSA) is 9.23 Å². The largest absolute Gasteiger partial charge is 0.381 e. The lowest BCUT2D eigenvalue weighted by atomic mass is 10.1. The number of ether oxygens (including phenoxy) is 1. The zero-order valence-corrected chi connectivity index (χ0v) is 8.49. The minimum atomic E-state index is 0.488. The van der Waals surface area contributed by atoms with Crippen LogP contribution in [-0.4, -0.2) is 18.5 Å². The van der Waals surface area contributed by atoms with Crippen molar-refractivity contribution < 1.29 is 4.74 Å². The van der Waals surface area contributed by atoms with Gasteiger partial charge in [-0.15, -0.1) is 0 Å². The van der Waals surface area contributed by atoms with Crippen LogP contribution < -0.4 is 0 Å². The molecule has 0 aliphatic rings. The average Bonchev–Trinajstić information content (AvgIpc) is 1.98. The third-order valence-corrected chi connectivity index (χ3v) is 2.16. The van der Waals surface area contributed by atoms with E-state index in [1.807, 2.05) is 0 Å². The number of hydrogen-bond acceptors (Lipinski definition) is 1. The highest BCUT2D eigenvalue weighted by Crippen LogP contribution is 2.08. The predicted molar refractivity (Wildman–Crippen MR) is 48.7 cm³/mol. The van der Waals surface area contributed by atoms with Gasteiger partial charge in [0.25, 0.3) is 0 Å². The molecule has 0 amide bonds. The standard InChI is InChI=1S/C8H17BrO/c1-3-5-8(10-2)6-4-7-9/h8H,3-7H2,1-2H3/t8-/m1/s1. The van der Waals surface area contributed by atoms with Crippen LogP contribution in [0.2, 0.25) is 0 Å². The Morgan fingerprint density at radius 1 is 1.40 bits per heavy atom. The first kappa shape index (κ1) is 10.4. The van der Waals surface area contributed by atoms with E-state index in [0.29, 0.717) is 6.10 Å². The van der Waals surface area contributed by atoms with Crippen molar-refractivity contribution in [3.8, 4) is 0 Å². The second-order valence-electron chi connectivity index (χ2n) is 2.48. The molecule has 0 radical (unpaired) electrons. The Morgan fingerprint density at radius 3 is 2.50 bits per heavy atom. The highest BCUT2D eigenvalue weighted by Gasteiger charge is 2.03. The molecule has 0 aromatic rings. The first-order chi connectivity index (χ1) is 4.85. The smallest absolute Gasteiger partial charge is 0.0571 e. The van der Waals surface area contributed by atoms with E-state index >= 15 is 0 Å². The number of alkyl halides is 1. The van der Waals surface area contributed by atoms with Crippen LogP contribution in [0.25, 0.3) is 0 Å². The van der Waals surface area contributed by atoms with Crippen molar-refractivity contribution in [3.05, 3.63) is 0 Å². The highest BCUT2D eigenvalue weighted by molar-refractivity contribution is 9.09. The van der Waals surface area contributed by atoms with E-state index in [-0.39, 0.29) is 0 Å². The summed E-state index contributed by atoms with van der Waals surface area (Å²) in [5, 5.41) is 1.09. The van der Waals surface area contributed by atoms with Crippen molar-refractivity contribution in [2.45, 2.75) is 38.7 Å². The second-order valence-corrected chi connectivity index (χ2v) is 3.27. The summed E-state index contributed by atoms with van der Waals surface area (Å²) in [7, 11) is 1.80. The summed E-state index contributed by atoms with van der Waals surface area (Å²) in [4.78, 5) is 0. The summed E-state index contributed by atoms with van der Waals surface area (Å²) in [6, 6.07) is 0. The van der Waals surface area contributed by atoms with E-state index in [9.17, 15) is 0 Å². The Balaban J connectivity index is 3.21. The molecule has 0 aliphatic carbocycles. The maximum atomic E-state index is 5.27. The SMILES string of the molecule is CCC[C@H](CCCBr)OC. The van der Waals surface area contributed by atoms with Crippen molar-refractivity contribution in [1.29, 1.82) is 0 Å². The first-order valence-corrected chi connectivity index (χ1v) is 5.06. The molecule has 0 aliphatic heterocycles. The minimum Gasteiger partial charge on any atom is -0.381 e. The van der Waals surface area contributed by atoms with Gasteiger partial charge < -0.3 is 4.74 Å². The lowest BCUT2D eigenvalue weighted by Crippen LogP contribution is -2.09. The molecule has 0 bridgehead atoms. The van der Waals surface area contributed by atoms with Crippen LogP contribution >= 0.6 is 15.9 Å². The Hall–Kier alpha value is 0.440. The molecule has 1 nitrogen and oxygen atoms in total. The summed E-state index contributed by atoms with van der Waals surface area (Å²) >= 11 is 3.40. The van der Waals surface area contributed by atoms with E-state index < -0.39 is 0 Å². The molecule has 0 saturated heterocycles. The van der Waals surface area contributed by atoms with Gasteiger partial charge in [0.05, 0.1) is 6.10 Å². The van der Waals surface area contributed by atoms with Gasteiger partial charge in [0.2, 0.25) is 0 Å². The highest BCUT2D eigenvalue weighted by atomic mass is 79.9. The molecule has 0 aromatic carbocycles. The summed E-state index contributed by atoms with van der Waals surface area (Å²) < 4.78 is 5.27. The van der Waals surface area contributed by atoms with Gasteiger partial charge >= 0.3 is 0 Å². The molecule has 0 rings (SSSR count). The lowest BCUT2D eigenvalue weighted by Gasteiger charge is -2.12. The zero-order chi connectivity index (χ0) is 7.82. The van der Waals surface area contributed by atoms with Crippen LogP contribution in [0.4, 0.5) is 0 Å². The predicted octanol–water partition coefficient (Wildman–Crippen LogP) is 2.98. The van der Waals surface area contributed by atoms with Crippen LogP contribution in [0, 0.1) is 0 Å². The second kappa shape index (κ2) is 7.55. The fourth-order valence-corrected chi connectivity index (χ4v) is 1.33. The van der Waals surface area contributed by atoms with Crippen molar-refractivity contribution >= 4 is 15.9 Å². The van der Waals surface area contributed by atoms with Crippen LogP contribution in [0.3, 0.4) is 0 Å². The minimum absolute atomic E-state index is 0.488. The molecule has 1 atom stereocenters. The fourth-order valence-electron chi connectivity index (χ4n) is 1.01. The monoisotopic (exact) mass is 208 g/mol. The normalized spacial score (nSPS) is 13.5. The third kappa shape index (κ3) is 5.24. The number of halogens is 1. The lowest BCUT2D eigenvalue weighted by molar-refractivity contribution is 0.0871. The number of rotatable bonds is 6. The van der Waals surface area contributed by atoms with E-state index in [2.05, 4.69) is 22.9 Å². The molecule has 0 N–H and O–H groups in total. The van der Waals surface area contributed by atoms with Crippen molar-refractivity contribution in [3.63, 3.8) is 0 Å². The van der Waals surface area contributed by atoms with Crippen LogP contribution in [-0.2, 0) is 4.74 Å². The molecule has 2 heteroatoms. The third-order valence-electron chi connectivity index (χ3n) is 1.60. The van der Waals surface area contributed by atoms with Gasteiger partial charge in [-0.05, 0) is 19.3 Å². The van der Waals surface area contributed by atoms with Crippen LogP contribution in [0.15, 0.2) is 0 Å². The Labute approximate surface area is 72.3 Å². The van der Waals surface area contributed by atoms with Gasteiger partial charge in [-0.2, -0.15) is 0 Å². The Bertz CT molecular complexity index is 66.3. The molecule has 0 spiro atoms. The first-order valence-electron chi connectivity index (χ1n) is 3.93. The van der Waals surface area contributed by atoms with Gasteiger partial charge in [-0.3, -0.25) is 0 Å². The quantitative estimate of drug-likeness (QED) is 0.611. The summed E-state index contributed by atoms with van der Waals surface area (Å²) in [6.07, 6.45) is 5.32. The number of hydrogen-bond donors (Lipinski definition) is 0. The molecule has 0 aromatic heterocycles. The van der Waals surface area contributed by atoms with Crippen molar-refractivity contribution in [2.75, 3.05) is 12.4 Å². The van der Waals surface area contributed by atoms with Gasteiger partial charge in [0.1, 0.15) is 0 Å². The van der Waals surface area contributed by atoms with E-state index in [4.69, 9.17) is 4.74 Å². The summed E-state index contributed by atoms with van der Waals surface area (Å²) in [5.74, 6) is 0. The average molecular weight is 209 g/mol. The van der Waals surface area contributed by atoms with Crippen LogP contribution in [0.1, 0.15) is 32.6 Å². The van der Waals surface area contributed by atoms with Gasteiger partial charge in [-0.1, -0.05) is 29.3 Å². The van der Waals surface area contributed by atoms with E-state index in [1.165, 1.54) is 25.7 Å². The molecule has 0 fully saturated rings. The molecule has 0 unspecified atom stereocenters. The van der Waals surface area contributed by atoms with E-state index in [0.717, 1.165) is 5.33 Å². The van der Waals surface area contributed by atoms with Crippen LogP contribution in [0.5, 0.6) is 0 Å². The maximum absolute atomic E-state index is 5.27. The Morgan fingerprint density at radius 2 is 2.10 bits per heavy atom. The molecule has 0 saturated carbocycles. The summed E-state index contributed by atoms with van der Waals surface area (Å²) in [6.45, 7) is 2.19. The van der Waals surface area contributed by atoms with Crippen molar-refractivity contribution in [1.82, 2.24) is 0 Å². The molecule has 62 valence electrons. The molecular formula is C8H17BrO. The molecule has 0 heterocycles. The summed E-state index contributed by atoms with van der Waals surface area (Å²) in [5.41, 5.74) is 0. The van der Waals surface area contributed by atoms with Crippen molar-refractivity contribution in [2.24, 2.45) is 0 Å². The number of methoxy groups -OCH3 is 1. The Kier molecular flexibility index (Phi) is 7.88. The zero-order valence-electron chi connectivity index (χ0n) is 6.90.